The Morgan fingerprint density at radius 3 is 2.36 bits per heavy atom. The van der Waals surface area contributed by atoms with Crippen molar-refractivity contribution in [3.8, 4) is 0 Å². The van der Waals surface area contributed by atoms with Crippen LogP contribution in [0.2, 0.25) is 0 Å². The van der Waals surface area contributed by atoms with Crippen LogP contribution in [0.15, 0.2) is 53.1 Å². The van der Waals surface area contributed by atoms with Crippen LogP contribution in [0.25, 0.3) is 0 Å². The summed E-state index contributed by atoms with van der Waals surface area (Å²) in [7, 11) is 0. The number of piperazine rings is 1. The van der Waals surface area contributed by atoms with Gasteiger partial charge < -0.3 is 24.9 Å². The Balaban J connectivity index is 1.31. The van der Waals surface area contributed by atoms with Crippen molar-refractivity contribution in [2.24, 2.45) is 0 Å². The van der Waals surface area contributed by atoms with Gasteiger partial charge >= 0.3 is 11.8 Å². The number of furan rings is 1. The molecule has 1 aliphatic heterocycles. The van der Waals surface area contributed by atoms with Gasteiger partial charge in [0.05, 0.1) is 45.5 Å². The number of carbonyl (C=O) groups excluding carboxylic acids is 3. The van der Waals surface area contributed by atoms with E-state index in [0.717, 1.165) is 18.7 Å². The molecule has 148 valence electrons. The molecule has 3 amide bonds. The van der Waals surface area contributed by atoms with Gasteiger partial charge in [-0.2, -0.15) is 0 Å². The fraction of sp³-hybridized carbons (Fsp3) is 0.350. The standard InChI is InChI=1S/C20H24N4O4/c25-18(19(26)22-15-16-5-2-1-3-6-16)21-8-9-23-10-12-24(13-11-23)20(27)17-7-4-14-28-17/h1-7,14H,8-13,15H2,(H,21,25)(H,22,26)/p+1. The zero-order chi connectivity index (χ0) is 19.8. The van der Waals surface area contributed by atoms with E-state index in [0.29, 0.717) is 38.5 Å². The summed E-state index contributed by atoms with van der Waals surface area (Å²) in [6, 6.07) is 12.8. The van der Waals surface area contributed by atoms with E-state index in [4.69, 9.17) is 4.42 Å². The Labute approximate surface area is 163 Å². The highest BCUT2D eigenvalue weighted by Crippen LogP contribution is 2.05. The third-order valence-electron chi connectivity index (χ3n) is 4.76. The Morgan fingerprint density at radius 2 is 1.68 bits per heavy atom. The molecule has 28 heavy (non-hydrogen) atoms. The van der Waals surface area contributed by atoms with Gasteiger partial charge in [0.1, 0.15) is 0 Å². The number of rotatable bonds is 6. The molecule has 0 radical (unpaired) electrons. The molecule has 0 spiro atoms. The first-order chi connectivity index (χ1) is 13.6. The van der Waals surface area contributed by atoms with E-state index >= 15 is 0 Å². The van der Waals surface area contributed by atoms with Crippen molar-refractivity contribution < 1.29 is 23.7 Å². The topological polar surface area (TPSA) is 96.1 Å². The molecule has 3 N–H and O–H groups in total. The molecule has 1 saturated heterocycles. The second-order valence-electron chi connectivity index (χ2n) is 6.69. The fourth-order valence-corrected chi connectivity index (χ4v) is 3.12. The number of nitrogens with one attached hydrogen (secondary N) is 3. The molecule has 3 rings (SSSR count). The molecule has 0 bridgehead atoms. The van der Waals surface area contributed by atoms with Crippen molar-refractivity contribution in [1.29, 1.82) is 0 Å². The molecule has 0 atom stereocenters. The van der Waals surface area contributed by atoms with Gasteiger partial charge in [0, 0.05) is 6.54 Å². The quantitative estimate of drug-likeness (QED) is 0.559. The van der Waals surface area contributed by atoms with Crippen LogP contribution in [0.4, 0.5) is 0 Å². The minimum absolute atomic E-state index is 0.0903. The van der Waals surface area contributed by atoms with Crippen molar-refractivity contribution in [2.75, 3.05) is 39.3 Å². The molecule has 1 aromatic carbocycles. The fourth-order valence-electron chi connectivity index (χ4n) is 3.12. The maximum absolute atomic E-state index is 12.2. The number of carbonyl (C=O) groups is 3. The molecule has 1 fully saturated rings. The van der Waals surface area contributed by atoms with Crippen LogP contribution in [-0.2, 0) is 16.1 Å². The van der Waals surface area contributed by atoms with Gasteiger partial charge in [-0.15, -0.1) is 0 Å². The van der Waals surface area contributed by atoms with Gasteiger partial charge in [0.25, 0.3) is 5.91 Å². The van der Waals surface area contributed by atoms with E-state index in [9.17, 15) is 14.4 Å². The first-order valence-electron chi connectivity index (χ1n) is 9.40. The van der Waals surface area contributed by atoms with Crippen molar-refractivity contribution in [2.45, 2.75) is 6.54 Å². The van der Waals surface area contributed by atoms with Gasteiger partial charge in [-0.3, -0.25) is 14.4 Å². The number of hydrogen-bond donors (Lipinski definition) is 3. The zero-order valence-electron chi connectivity index (χ0n) is 15.6. The summed E-state index contributed by atoms with van der Waals surface area (Å²) in [5, 5.41) is 5.26. The minimum Gasteiger partial charge on any atom is -0.459 e. The van der Waals surface area contributed by atoms with E-state index in [1.54, 1.807) is 17.0 Å². The zero-order valence-corrected chi connectivity index (χ0v) is 15.6. The third-order valence-corrected chi connectivity index (χ3v) is 4.76. The molecular formula is C20H25N4O4+. The highest BCUT2D eigenvalue weighted by molar-refractivity contribution is 6.35. The predicted molar refractivity (Wildman–Crippen MR) is 101 cm³/mol. The molecule has 8 heteroatoms. The van der Waals surface area contributed by atoms with Crippen LogP contribution in [0.1, 0.15) is 16.1 Å². The van der Waals surface area contributed by atoms with Crippen LogP contribution >= 0.6 is 0 Å². The highest BCUT2D eigenvalue weighted by atomic mass is 16.3. The number of hydrogen-bond acceptors (Lipinski definition) is 4. The van der Waals surface area contributed by atoms with E-state index in [1.165, 1.54) is 11.2 Å². The molecule has 8 nitrogen and oxygen atoms in total. The Hall–Kier alpha value is -3.13. The van der Waals surface area contributed by atoms with Crippen molar-refractivity contribution in [3.63, 3.8) is 0 Å². The molecule has 1 aromatic heterocycles. The maximum atomic E-state index is 12.2. The van der Waals surface area contributed by atoms with Crippen LogP contribution in [-0.4, -0.2) is 61.9 Å². The second kappa shape index (κ2) is 9.70. The summed E-state index contributed by atoms with van der Waals surface area (Å²) in [5.74, 6) is -0.987. The first kappa shape index (κ1) is 19.6. The molecular weight excluding hydrogens is 360 g/mol. The molecule has 0 unspecified atom stereocenters. The lowest BCUT2D eigenvalue weighted by molar-refractivity contribution is -0.902. The summed E-state index contributed by atoms with van der Waals surface area (Å²) < 4.78 is 5.15. The van der Waals surface area contributed by atoms with Gasteiger partial charge in [-0.25, -0.2) is 0 Å². The molecule has 2 aromatic rings. The average molecular weight is 385 g/mol. The number of amides is 3. The van der Waals surface area contributed by atoms with Crippen LogP contribution in [0, 0.1) is 0 Å². The van der Waals surface area contributed by atoms with Crippen LogP contribution in [0.3, 0.4) is 0 Å². The SMILES string of the molecule is O=C(NCC[NH+]1CCN(C(=O)c2ccco2)CC1)C(=O)NCc1ccccc1. The summed E-state index contributed by atoms with van der Waals surface area (Å²) in [6.45, 7) is 4.31. The summed E-state index contributed by atoms with van der Waals surface area (Å²) in [4.78, 5) is 39.0. The van der Waals surface area contributed by atoms with Gasteiger partial charge in [0.15, 0.2) is 5.76 Å². The Kier molecular flexibility index (Phi) is 6.80. The maximum Gasteiger partial charge on any atom is 0.309 e. The molecule has 1 aliphatic rings. The first-order valence-corrected chi connectivity index (χ1v) is 9.40. The van der Waals surface area contributed by atoms with Crippen molar-refractivity contribution in [3.05, 3.63) is 60.1 Å². The van der Waals surface area contributed by atoms with E-state index < -0.39 is 11.8 Å². The highest BCUT2D eigenvalue weighted by Gasteiger charge is 2.25. The second-order valence-corrected chi connectivity index (χ2v) is 6.69. The van der Waals surface area contributed by atoms with E-state index in [2.05, 4.69) is 10.6 Å². The van der Waals surface area contributed by atoms with Gasteiger partial charge in [-0.05, 0) is 17.7 Å². The number of quaternary nitrogens is 1. The summed E-state index contributed by atoms with van der Waals surface area (Å²) >= 11 is 0. The van der Waals surface area contributed by atoms with Crippen molar-refractivity contribution >= 4 is 17.7 Å². The average Bonchev–Trinajstić information content (AvgIpc) is 3.27. The summed E-state index contributed by atoms with van der Waals surface area (Å²) in [6.07, 6.45) is 1.49. The van der Waals surface area contributed by atoms with Gasteiger partial charge in [0.2, 0.25) is 0 Å². The van der Waals surface area contributed by atoms with E-state index in [1.807, 2.05) is 30.3 Å². The Morgan fingerprint density at radius 1 is 0.964 bits per heavy atom. The Bertz CT molecular complexity index is 784. The lowest BCUT2D eigenvalue weighted by Gasteiger charge is -2.31. The smallest absolute Gasteiger partial charge is 0.309 e. The van der Waals surface area contributed by atoms with E-state index in [-0.39, 0.29) is 5.91 Å². The van der Waals surface area contributed by atoms with Crippen LogP contribution < -0.4 is 15.5 Å². The van der Waals surface area contributed by atoms with Crippen LogP contribution in [0.5, 0.6) is 0 Å². The molecule has 0 saturated carbocycles. The number of nitrogens with zero attached hydrogens (tertiary/aromatic N) is 1. The minimum atomic E-state index is -0.632. The predicted octanol–water partition coefficient (Wildman–Crippen LogP) is -0.947. The lowest BCUT2D eigenvalue weighted by atomic mass is 10.2. The monoisotopic (exact) mass is 385 g/mol. The normalized spacial score (nSPS) is 14.5. The lowest BCUT2D eigenvalue weighted by Crippen LogP contribution is -3.15. The third kappa shape index (κ3) is 5.43. The molecule has 0 aliphatic carbocycles. The summed E-state index contributed by atoms with van der Waals surface area (Å²) in [5.41, 5.74) is 0.940. The molecule has 2 heterocycles. The largest absolute Gasteiger partial charge is 0.459 e. The van der Waals surface area contributed by atoms with Gasteiger partial charge in [-0.1, -0.05) is 30.3 Å². The van der Waals surface area contributed by atoms with Crippen molar-refractivity contribution in [1.82, 2.24) is 15.5 Å². The number of benzene rings is 1.